The van der Waals surface area contributed by atoms with Crippen molar-refractivity contribution in [3.05, 3.63) is 126 Å². The van der Waals surface area contributed by atoms with E-state index in [2.05, 4.69) is 96.6 Å². The number of aliphatic hydroxyl groups excluding tert-OH is 1. The van der Waals surface area contributed by atoms with E-state index in [0.717, 1.165) is 16.9 Å². The highest BCUT2D eigenvalue weighted by atomic mass is 32.2. The van der Waals surface area contributed by atoms with Crippen molar-refractivity contribution in [1.82, 2.24) is 4.72 Å². The molecule has 0 saturated carbocycles. The molecule has 36 heavy (non-hydrogen) atoms. The molecule has 2 N–H and O–H groups in total. The molecule has 3 nitrogen and oxygen atoms in total. The second kappa shape index (κ2) is 12.4. The van der Waals surface area contributed by atoms with E-state index in [0.29, 0.717) is 6.42 Å². The molecule has 0 spiro atoms. The number of hydrogen-bond donors (Lipinski definition) is 2. The van der Waals surface area contributed by atoms with E-state index >= 15 is 0 Å². The number of aliphatic hydroxyl groups is 1. The van der Waals surface area contributed by atoms with Gasteiger partial charge in [0.25, 0.3) is 0 Å². The molecular weight excluding hydrogens is 478 g/mol. The first-order valence-corrected chi connectivity index (χ1v) is 15.9. The second-order valence-corrected chi connectivity index (χ2v) is 15.3. The summed E-state index contributed by atoms with van der Waals surface area (Å²) < 4.78 is 17.4. The minimum Gasteiger partial charge on any atom is -0.396 e. The molecule has 1 unspecified atom stereocenters. The van der Waals surface area contributed by atoms with Crippen molar-refractivity contribution in [3.8, 4) is 0 Å². The molecule has 0 aliphatic heterocycles. The Hall–Kier alpha value is -2.83. The highest BCUT2D eigenvalue weighted by Crippen LogP contribution is 2.31. The summed E-state index contributed by atoms with van der Waals surface area (Å²) in [6, 6.07) is 39.8. The molecule has 0 aromatic heterocycles. The van der Waals surface area contributed by atoms with Crippen molar-refractivity contribution < 1.29 is 9.32 Å². The van der Waals surface area contributed by atoms with Crippen molar-refractivity contribution in [2.45, 2.75) is 42.8 Å². The fourth-order valence-electron chi connectivity index (χ4n) is 5.34. The third-order valence-corrected chi connectivity index (χ3v) is 14.4. The summed E-state index contributed by atoms with van der Waals surface area (Å²) in [7, 11) is -4.04. The van der Waals surface area contributed by atoms with Gasteiger partial charge in [0.15, 0.2) is 0 Å². The Morgan fingerprint density at radius 2 is 1.28 bits per heavy atom. The zero-order valence-corrected chi connectivity index (χ0v) is 22.8. The van der Waals surface area contributed by atoms with Crippen LogP contribution in [0.15, 0.2) is 120 Å². The fourth-order valence-corrected chi connectivity index (χ4v) is 12.9. The molecule has 186 valence electrons. The minimum atomic E-state index is -2.66. The van der Waals surface area contributed by atoms with Gasteiger partial charge in [0.1, 0.15) is 19.1 Å². The largest absolute Gasteiger partial charge is 0.396 e. The van der Waals surface area contributed by atoms with Crippen LogP contribution in [-0.2, 0) is 17.4 Å². The maximum atomic E-state index is 13.8. The fraction of sp³-hybridized carbons (Fsp3) is 0.226. The Morgan fingerprint density at radius 3 is 1.78 bits per heavy atom. The SMILES string of the molecule is Cc1ccc(S(=O)N[C@@H](Cc2ccccc2)[Si](c2ccccc2)(c2ccccc2)[C@@H](C)CCO)cc1. The van der Waals surface area contributed by atoms with Crippen molar-refractivity contribution in [3.63, 3.8) is 0 Å². The van der Waals surface area contributed by atoms with Crippen molar-refractivity contribution in [1.29, 1.82) is 0 Å². The lowest BCUT2D eigenvalue weighted by Crippen LogP contribution is -2.73. The summed E-state index contributed by atoms with van der Waals surface area (Å²) in [5, 5.41) is 12.7. The van der Waals surface area contributed by atoms with E-state index in [1.54, 1.807) is 0 Å². The Bertz CT molecular complexity index is 1190. The second-order valence-electron chi connectivity index (χ2n) is 9.46. The standard InChI is InChI=1S/C31H35NO2SSi/c1-25-18-20-28(21-19-25)35(34)32-31(24-27-12-6-3-7-13-27)36(26(2)22-23-33,29-14-8-4-9-15-29)30-16-10-5-11-17-30/h3-21,26,31-33H,22-24H2,1-2H3/t26-,31+,35?/m0/s1. The van der Waals surface area contributed by atoms with Gasteiger partial charge in [-0.1, -0.05) is 126 Å². The summed E-state index contributed by atoms with van der Waals surface area (Å²) in [5.41, 5.74) is 2.47. The summed E-state index contributed by atoms with van der Waals surface area (Å²) in [5.74, 6) is 0. The average molecular weight is 514 g/mol. The lowest BCUT2D eigenvalue weighted by atomic mass is 10.1. The Labute approximate surface area is 218 Å². The van der Waals surface area contributed by atoms with Crippen LogP contribution in [0.3, 0.4) is 0 Å². The monoisotopic (exact) mass is 513 g/mol. The maximum Gasteiger partial charge on any atom is 0.138 e. The normalized spacial score (nSPS) is 14.2. The number of rotatable bonds is 11. The van der Waals surface area contributed by atoms with E-state index in [1.807, 2.05) is 37.3 Å². The number of nitrogens with one attached hydrogen (secondary N) is 1. The van der Waals surface area contributed by atoms with Gasteiger partial charge in [-0.25, -0.2) is 8.93 Å². The van der Waals surface area contributed by atoms with Crippen LogP contribution < -0.4 is 15.1 Å². The van der Waals surface area contributed by atoms with Gasteiger partial charge in [0, 0.05) is 12.3 Å². The smallest absolute Gasteiger partial charge is 0.138 e. The highest BCUT2D eigenvalue weighted by Gasteiger charge is 2.49. The predicted octanol–water partition coefficient (Wildman–Crippen LogP) is 4.79. The van der Waals surface area contributed by atoms with E-state index in [-0.39, 0.29) is 17.8 Å². The van der Waals surface area contributed by atoms with Crippen LogP contribution in [0.5, 0.6) is 0 Å². The molecule has 0 amide bonds. The summed E-state index contributed by atoms with van der Waals surface area (Å²) in [6.45, 7) is 4.42. The van der Waals surface area contributed by atoms with E-state index in [9.17, 15) is 9.32 Å². The van der Waals surface area contributed by atoms with Gasteiger partial charge in [0.05, 0.1) is 4.90 Å². The number of benzene rings is 4. The van der Waals surface area contributed by atoms with Gasteiger partial charge >= 0.3 is 0 Å². The van der Waals surface area contributed by atoms with E-state index in [1.165, 1.54) is 15.9 Å². The topological polar surface area (TPSA) is 49.3 Å². The van der Waals surface area contributed by atoms with Crippen molar-refractivity contribution in [2.75, 3.05) is 6.61 Å². The molecule has 0 radical (unpaired) electrons. The van der Waals surface area contributed by atoms with Crippen molar-refractivity contribution in [2.24, 2.45) is 0 Å². The lowest BCUT2D eigenvalue weighted by Gasteiger charge is -2.44. The Kier molecular flexibility index (Phi) is 9.05. The van der Waals surface area contributed by atoms with E-state index in [4.69, 9.17) is 0 Å². The third kappa shape index (κ3) is 5.76. The molecule has 0 fully saturated rings. The van der Waals surface area contributed by atoms with Gasteiger partial charge in [-0.05, 0) is 43.0 Å². The van der Waals surface area contributed by atoms with Gasteiger partial charge in [-0.2, -0.15) is 0 Å². The van der Waals surface area contributed by atoms with Gasteiger partial charge in [0.2, 0.25) is 0 Å². The first kappa shape index (κ1) is 26.2. The molecule has 4 aromatic carbocycles. The van der Waals surface area contributed by atoms with Crippen molar-refractivity contribution >= 4 is 29.4 Å². The zero-order valence-electron chi connectivity index (χ0n) is 21.0. The molecule has 5 heteroatoms. The summed E-state index contributed by atoms with van der Waals surface area (Å²) in [4.78, 5) is 0.775. The third-order valence-electron chi connectivity index (χ3n) is 7.16. The minimum absolute atomic E-state index is 0.0756. The number of aryl methyl sites for hydroxylation is 1. The van der Waals surface area contributed by atoms with E-state index < -0.39 is 19.1 Å². The van der Waals surface area contributed by atoms with Crippen LogP contribution in [0, 0.1) is 6.92 Å². The average Bonchev–Trinajstić information content (AvgIpc) is 2.91. The van der Waals surface area contributed by atoms with Crippen LogP contribution in [-0.4, -0.2) is 29.7 Å². The van der Waals surface area contributed by atoms with Crippen LogP contribution in [0.1, 0.15) is 24.5 Å². The summed E-state index contributed by atoms with van der Waals surface area (Å²) in [6.07, 6.45) is 1.42. The molecule has 0 bridgehead atoms. The summed E-state index contributed by atoms with van der Waals surface area (Å²) >= 11 is 0. The first-order chi connectivity index (χ1) is 17.6. The van der Waals surface area contributed by atoms with Gasteiger partial charge < -0.3 is 5.11 Å². The van der Waals surface area contributed by atoms with Crippen LogP contribution in [0.4, 0.5) is 0 Å². The van der Waals surface area contributed by atoms with Crippen LogP contribution in [0.2, 0.25) is 5.54 Å². The Balaban J connectivity index is 1.92. The molecule has 4 aromatic rings. The molecule has 3 atom stereocenters. The lowest BCUT2D eigenvalue weighted by molar-refractivity contribution is 0.286. The van der Waals surface area contributed by atoms with Crippen LogP contribution in [0.25, 0.3) is 0 Å². The van der Waals surface area contributed by atoms with Crippen LogP contribution >= 0.6 is 0 Å². The molecular formula is C31H35NO2SSi. The molecule has 0 aliphatic carbocycles. The quantitative estimate of drug-likeness (QED) is 0.283. The molecule has 0 saturated heterocycles. The molecule has 0 aliphatic rings. The predicted molar refractivity (Wildman–Crippen MR) is 154 cm³/mol. The van der Waals surface area contributed by atoms with Gasteiger partial charge in [-0.15, -0.1) is 0 Å². The first-order valence-electron chi connectivity index (χ1n) is 12.6. The maximum absolute atomic E-state index is 13.8. The Morgan fingerprint density at radius 1 is 0.778 bits per heavy atom. The zero-order chi connectivity index (χ0) is 25.4. The molecule has 4 rings (SSSR count). The molecule has 0 heterocycles. The highest BCUT2D eigenvalue weighted by molar-refractivity contribution is 7.83. The van der Waals surface area contributed by atoms with Gasteiger partial charge in [-0.3, -0.25) is 0 Å². The number of hydrogen-bond acceptors (Lipinski definition) is 2.